The van der Waals surface area contributed by atoms with Crippen molar-refractivity contribution in [2.45, 2.75) is 32.2 Å². The van der Waals surface area contributed by atoms with E-state index in [1.165, 1.54) is 24.3 Å². The SMILES string of the molecule is CCOC(=O)C(CC=CCOC(=O)CC(=O)O)(NC(=O)c1ccccc1)C(=O)OCC. The molecule has 10 heteroatoms. The topological polar surface area (TPSA) is 145 Å². The molecule has 1 rings (SSSR count). The van der Waals surface area contributed by atoms with E-state index < -0.39 is 41.7 Å². The highest BCUT2D eigenvalue weighted by Crippen LogP contribution is 2.19. The quantitative estimate of drug-likeness (QED) is 0.214. The summed E-state index contributed by atoms with van der Waals surface area (Å²) >= 11 is 0. The number of ether oxygens (including phenoxy) is 3. The van der Waals surface area contributed by atoms with Gasteiger partial charge in [-0.2, -0.15) is 0 Å². The molecule has 0 heterocycles. The Balaban J connectivity index is 3.08. The Labute approximate surface area is 179 Å². The number of hydrogen-bond donors (Lipinski definition) is 2. The average molecular weight is 435 g/mol. The smallest absolute Gasteiger partial charge is 0.344 e. The van der Waals surface area contributed by atoms with Gasteiger partial charge in [0, 0.05) is 12.0 Å². The summed E-state index contributed by atoms with van der Waals surface area (Å²) in [4.78, 5) is 59.8. The van der Waals surface area contributed by atoms with Crippen molar-refractivity contribution in [3.8, 4) is 0 Å². The van der Waals surface area contributed by atoms with Crippen LogP contribution in [0.2, 0.25) is 0 Å². The molecule has 0 aromatic heterocycles. The summed E-state index contributed by atoms with van der Waals surface area (Å²) in [5.74, 6) is -4.99. The van der Waals surface area contributed by atoms with E-state index in [2.05, 4.69) is 5.32 Å². The summed E-state index contributed by atoms with van der Waals surface area (Å²) in [7, 11) is 0. The predicted molar refractivity (Wildman–Crippen MR) is 107 cm³/mol. The lowest BCUT2D eigenvalue weighted by Crippen LogP contribution is -2.61. The number of amides is 1. The molecule has 1 aromatic carbocycles. The number of esters is 3. The summed E-state index contributed by atoms with van der Waals surface area (Å²) in [5.41, 5.74) is -1.95. The highest BCUT2D eigenvalue weighted by molar-refractivity contribution is 6.10. The van der Waals surface area contributed by atoms with Crippen LogP contribution in [0, 0.1) is 0 Å². The molecule has 1 aromatic rings. The molecule has 0 unspecified atom stereocenters. The number of rotatable bonds is 12. The van der Waals surface area contributed by atoms with Crippen LogP contribution in [-0.2, 0) is 33.4 Å². The first-order chi connectivity index (χ1) is 14.8. The normalized spacial score (nSPS) is 10.9. The Morgan fingerprint density at radius 2 is 1.52 bits per heavy atom. The van der Waals surface area contributed by atoms with Gasteiger partial charge in [-0.15, -0.1) is 0 Å². The molecule has 0 saturated heterocycles. The van der Waals surface area contributed by atoms with E-state index in [0.717, 1.165) is 0 Å². The molecule has 0 saturated carbocycles. The molecule has 0 bridgehead atoms. The fraction of sp³-hybridized carbons (Fsp3) is 0.381. The van der Waals surface area contributed by atoms with Gasteiger partial charge in [0.1, 0.15) is 13.0 Å². The fourth-order valence-corrected chi connectivity index (χ4v) is 2.41. The maximum absolute atomic E-state index is 12.7. The third kappa shape index (κ3) is 7.92. The number of carbonyl (C=O) groups is 5. The molecule has 0 aliphatic heterocycles. The van der Waals surface area contributed by atoms with Gasteiger partial charge >= 0.3 is 23.9 Å². The average Bonchev–Trinajstić information content (AvgIpc) is 2.72. The summed E-state index contributed by atoms with van der Waals surface area (Å²) in [6.07, 6.45) is 1.49. The lowest BCUT2D eigenvalue weighted by molar-refractivity contribution is -0.165. The number of hydrogen-bond acceptors (Lipinski definition) is 8. The zero-order valence-corrected chi connectivity index (χ0v) is 17.3. The third-order valence-corrected chi connectivity index (χ3v) is 3.84. The van der Waals surface area contributed by atoms with Gasteiger partial charge < -0.3 is 24.6 Å². The van der Waals surface area contributed by atoms with Crippen LogP contribution in [0.4, 0.5) is 0 Å². The lowest BCUT2D eigenvalue weighted by atomic mass is 9.94. The number of aliphatic carboxylic acids is 1. The van der Waals surface area contributed by atoms with E-state index in [-0.39, 0.29) is 31.8 Å². The van der Waals surface area contributed by atoms with Crippen molar-refractivity contribution >= 4 is 29.8 Å². The van der Waals surface area contributed by atoms with E-state index in [0.29, 0.717) is 0 Å². The molecule has 0 aliphatic carbocycles. The highest BCUT2D eigenvalue weighted by Gasteiger charge is 2.49. The maximum Gasteiger partial charge on any atom is 0.344 e. The molecule has 0 spiro atoms. The third-order valence-electron chi connectivity index (χ3n) is 3.84. The highest BCUT2D eigenvalue weighted by atomic mass is 16.6. The van der Waals surface area contributed by atoms with Crippen molar-refractivity contribution in [2.24, 2.45) is 0 Å². The Morgan fingerprint density at radius 3 is 2.03 bits per heavy atom. The van der Waals surface area contributed by atoms with Crippen LogP contribution in [0.15, 0.2) is 42.5 Å². The molecule has 168 valence electrons. The monoisotopic (exact) mass is 435 g/mol. The Hall–Kier alpha value is -3.69. The largest absolute Gasteiger partial charge is 0.481 e. The maximum atomic E-state index is 12.7. The number of carboxylic acids is 1. The van der Waals surface area contributed by atoms with Crippen molar-refractivity contribution in [3.63, 3.8) is 0 Å². The zero-order valence-electron chi connectivity index (χ0n) is 17.3. The Bertz CT molecular complexity index is 799. The van der Waals surface area contributed by atoms with Crippen LogP contribution in [0.1, 0.15) is 37.0 Å². The first-order valence-electron chi connectivity index (χ1n) is 9.51. The van der Waals surface area contributed by atoms with Gasteiger partial charge in [0.15, 0.2) is 0 Å². The molecule has 0 atom stereocenters. The molecule has 2 N–H and O–H groups in total. The van der Waals surface area contributed by atoms with Crippen LogP contribution < -0.4 is 5.32 Å². The minimum Gasteiger partial charge on any atom is -0.481 e. The van der Waals surface area contributed by atoms with Crippen LogP contribution in [0.5, 0.6) is 0 Å². The molecule has 31 heavy (non-hydrogen) atoms. The summed E-state index contributed by atoms with van der Waals surface area (Å²) in [5, 5.41) is 10.9. The van der Waals surface area contributed by atoms with Crippen molar-refractivity contribution in [1.82, 2.24) is 5.32 Å². The van der Waals surface area contributed by atoms with Crippen molar-refractivity contribution < 1.29 is 43.3 Å². The van der Waals surface area contributed by atoms with Crippen LogP contribution in [0.3, 0.4) is 0 Å². The minimum absolute atomic E-state index is 0.0439. The lowest BCUT2D eigenvalue weighted by Gasteiger charge is -2.29. The van der Waals surface area contributed by atoms with E-state index in [9.17, 15) is 24.0 Å². The minimum atomic E-state index is -2.17. The van der Waals surface area contributed by atoms with E-state index in [4.69, 9.17) is 19.3 Å². The molecule has 1 amide bonds. The van der Waals surface area contributed by atoms with Gasteiger partial charge in [-0.25, -0.2) is 9.59 Å². The summed E-state index contributed by atoms with van der Waals surface area (Å²) < 4.78 is 14.7. The summed E-state index contributed by atoms with van der Waals surface area (Å²) in [6, 6.07) is 7.96. The van der Waals surface area contributed by atoms with E-state index in [1.54, 1.807) is 32.0 Å². The summed E-state index contributed by atoms with van der Waals surface area (Å²) in [6.45, 7) is 2.71. The molecular weight excluding hydrogens is 410 g/mol. The predicted octanol–water partition coefficient (Wildman–Crippen LogP) is 1.25. The van der Waals surface area contributed by atoms with Gasteiger partial charge in [0.2, 0.25) is 5.54 Å². The van der Waals surface area contributed by atoms with E-state index in [1.807, 2.05) is 0 Å². The number of carbonyl (C=O) groups excluding carboxylic acids is 4. The Kier molecular flexibility index (Phi) is 10.5. The standard InChI is InChI=1S/C21H25NO9/c1-3-29-19(27)21(20(28)30-4-2,22-18(26)15-10-6-5-7-11-15)12-8-9-13-31-17(25)14-16(23)24/h5-11H,3-4,12-14H2,1-2H3,(H,22,26)(H,23,24). The molecule has 0 aliphatic rings. The zero-order chi connectivity index (χ0) is 23.3. The van der Waals surface area contributed by atoms with Gasteiger partial charge in [-0.3, -0.25) is 14.4 Å². The van der Waals surface area contributed by atoms with Gasteiger partial charge in [-0.1, -0.05) is 30.4 Å². The van der Waals surface area contributed by atoms with Crippen molar-refractivity contribution in [2.75, 3.05) is 19.8 Å². The van der Waals surface area contributed by atoms with Crippen LogP contribution in [0.25, 0.3) is 0 Å². The van der Waals surface area contributed by atoms with Crippen molar-refractivity contribution in [1.29, 1.82) is 0 Å². The Morgan fingerprint density at radius 1 is 0.935 bits per heavy atom. The first-order valence-corrected chi connectivity index (χ1v) is 9.51. The van der Waals surface area contributed by atoms with E-state index >= 15 is 0 Å². The number of nitrogens with one attached hydrogen (secondary N) is 1. The number of benzene rings is 1. The second-order valence-electron chi connectivity index (χ2n) is 6.10. The molecule has 0 fully saturated rings. The fourth-order valence-electron chi connectivity index (χ4n) is 2.41. The van der Waals surface area contributed by atoms with Gasteiger partial charge in [-0.05, 0) is 26.0 Å². The second-order valence-corrected chi connectivity index (χ2v) is 6.10. The molecule has 10 nitrogen and oxygen atoms in total. The molecule has 0 radical (unpaired) electrons. The molecular formula is C21H25NO9. The van der Waals surface area contributed by atoms with Gasteiger partial charge in [0.25, 0.3) is 5.91 Å². The van der Waals surface area contributed by atoms with Crippen molar-refractivity contribution in [3.05, 3.63) is 48.0 Å². The second kappa shape index (κ2) is 12.8. The van der Waals surface area contributed by atoms with Gasteiger partial charge in [0.05, 0.1) is 13.2 Å². The first kappa shape index (κ1) is 25.3. The number of carboxylic acid groups (broad SMARTS) is 1. The van der Waals surface area contributed by atoms with Crippen LogP contribution in [-0.4, -0.2) is 60.3 Å². The van der Waals surface area contributed by atoms with Crippen LogP contribution >= 0.6 is 0 Å².